The van der Waals surface area contributed by atoms with Gasteiger partial charge in [-0.15, -0.1) is 0 Å². The second-order valence-electron chi connectivity index (χ2n) is 4.97. The van der Waals surface area contributed by atoms with Crippen LogP contribution in [0.1, 0.15) is 24.2 Å². The minimum atomic E-state index is -0.224. The van der Waals surface area contributed by atoms with Crippen molar-refractivity contribution >= 4 is 32.6 Å². The maximum Gasteiger partial charge on any atom is 0.257 e. The first-order chi connectivity index (χ1) is 11.7. The molecule has 0 bridgehead atoms. The van der Waals surface area contributed by atoms with Gasteiger partial charge in [-0.25, -0.2) is 4.98 Å². The van der Waals surface area contributed by atoms with Gasteiger partial charge < -0.3 is 9.47 Å². The maximum atomic E-state index is 12.5. The van der Waals surface area contributed by atoms with Crippen molar-refractivity contribution < 1.29 is 14.3 Å². The lowest BCUT2D eigenvalue weighted by Gasteiger charge is -2.12. The van der Waals surface area contributed by atoms with E-state index >= 15 is 0 Å². The van der Waals surface area contributed by atoms with Crippen LogP contribution in [0.5, 0.6) is 11.5 Å². The van der Waals surface area contributed by atoms with Gasteiger partial charge in [0.2, 0.25) is 0 Å². The lowest BCUT2D eigenvalue weighted by atomic mass is 10.2. The van der Waals surface area contributed by atoms with E-state index < -0.39 is 0 Å². The highest BCUT2D eigenvalue weighted by Crippen LogP contribution is 2.30. The summed E-state index contributed by atoms with van der Waals surface area (Å²) in [6.45, 7) is 4.84. The number of benzene rings is 2. The fourth-order valence-electron chi connectivity index (χ4n) is 2.29. The van der Waals surface area contributed by atoms with Crippen LogP contribution in [0.3, 0.4) is 0 Å². The third-order valence-electron chi connectivity index (χ3n) is 3.32. The molecule has 0 spiro atoms. The molecule has 0 aliphatic heterocycles. The number of ether oxygens (including phenoxy) is 2. The Morgan fingerprint density at radius 1 is 1.08 bits per heavy atom. The van der Waals surface area contributed by atoms with Crippen molar-refractivity contribution in [3.8, 4) is 11.5 Å². The van der Waals surface area contributed by atoms with Gasteiger partial charge in [-0.1, -0.05) is 23.5 Å². The number of nitrogens with zero attached hydrogens (tertiary/aromatic N) is 1. The molecule has 0 unspecified atom stereocenters. The molecule has 124 valence electrons. The Morgan fingerprint density at radius 2 is 1.83 bits per heavy atom. The number of amides is 1. The summed E-state index contributed by atoms with van der Waals surface area (Å²) in [6, 6.07) is 12.9. The highest BCUT2D eigenvalue weighted by Gasteiger charge is 2.13. The zero-order valence-corrected chi connectivity index (χ0v) is 14.4. The minimum absolute atomic E-state index is 0.224. The van der Waals surface area contributed by atoms with Crippen molar-refractivity contribution in [1.82, 2.24) is 4.98 Å². The van der Waals surface area contributed by atoms with E-state index in [2.05, 4.69) is 10.3 Å². The first-order valence-corrected chi connectivity index (χ1v) is 8.59. The smallest absolute Gasteiger partial charge is 0.257 e. The van der Waals surface area contributed by atoms with Crippen molar-refractivity contribution in [3.05, 3.63) is 48.0 Å². The standard InChI is InChI=1S/C18H18N2O3S/c1-3-22-14-10-9-12(11-15(14)23-4-2)17(21)20-18-19-13-7-5-6-8-16(13)24-18/h5-11H,3-4H2,1-2H3,(H,19,20,21). The molecule has 0 atom stereocenters. The summed E-state index contributed by atoms with van der Waals surface area (Å²) in [7, 11) is 0. The van der Waals surface area contributed by atoms with Crippen LogP contribution < -0.4 is 14.8 Å². The van der Waals surface area contributed by atoms with Gasteiger partial charge in [-0.3, -0.25) is 10.1 Å². The molecule has 0 saturated heterocycles. The molecule has 3 rings (SSSR count). The van der Waals surface area contributed by atoms with Crippen LogP contribution in [0.25, 0.3) is 10.2 Å². The van der Waals surface area contributed by atoms with Gasteiger partial charge in [0, 0.05) is 5.56 Å². The predicted molar refractivity (Wildman–Crippen MR) is 96.4 cm³/mol. The number of para-hydroxylation sites is 1. The predicted octanol–water partition coefficient (Wildman–Crippen LogP) is 4.35. The quantitative estimate of drug-likeness (QED) is 0.723. The Morgan fingerprint density at radius 3 is 2.58 bits per heavy atom. The Labute approximate surface area is 144 Å². The molecule has 1 N–H and O–H groups in total. The average Bonchev–Trinajstić information content (AvgIpc) is 2.99. The second-order valence-corrected chi connectivity index (χ2v) is 6.00. The topological polar surface area (TPSA) is 60.5 Å². The Balaban J connectivity index is 1.82. The second kappa shape index (κ2) is 7.31. The van der Waals surface area contributed by atoms with Crippen molar-refractivity contribution in [2.24, 2.45) is 0 Å². The number of anilines is 1. The number of carbonyl (C=O) groups excluding carboxylic acids is 1. The molecule has 3 aromatic rings. The van der Waals surface area contributed by atoms with E-state index in [4.69, 9.17) is 9.47 Å². The fourth-order valence-corrected chi connectivity index (χ4v) is 3.15. The van der Waals surface area contributed by atoms with E-state index in [9.17, 15) is 4.79 Å². The summed E-state index contributed by atoms with van der Waals surface area (Å²) < 4.78 is 12.1. The molecule has 1 heterocycles. The summed E-state index contributed by atoms with van der Waals surface area (Å²) >= 11 is 1.45. The first-order valence-electron chi connectivity index (χ1n) is 7.77. The third kappa shape index (κ3) is 3.49. The van der Waals surface area contributed by atoms with Crippen molar-refractivity contribution in [2.45, 2.75) is 13.8 Å². The lowest BCUT2D eigenvalue weighted by Crippen LogP contribution is -2.12. The van der Waals surface area contributed by atoms with Gasteiger partial charge in [0.25, 0.3) is 5.91 Å². The molecule has 5 nitrogen and oxygen atoms in total. The van der Waals surface area contributed by atoms with Crippen LogP contribution in [0, 0.1) is 0 Å². The number of rotatable bonds is 6. The summed E-state index contributed by atoms with van der Waals surface area (Å²) in [5.41, 5.74) is 1.38. The summed E-state index contributed by atoms with van der Waals surface area (Å²) in [5, 5.41) is 3.42. The molecular weight excluding hydrogens is 324 g/mol. The number of carbonyl (C=O) groups is 1. The van der Waals surface area contributed by atoms with Gasteiger partial charge in [0.15, 0.2) is 16.6 Å². The largest absolute Gasteiger partial charge is 0.490 e. The van der Waals surface area contributed by atoms with E-state index in [0.717, 1.165) is 10.2 Å². The number of nitrogens with one attached hydrogen (secondary N) is 1. The number of hydrogen-bond donors (Lipinski definition) is 1. The number of thiazole rings is 1. The van der Waals surface area contributed by atoms with Gasteiger partial charge in [-0.2, -0.15) is 0 Å². The molecule has 2 aromatic carbocycles. The monoisotopic (exact) mass is 342 g/mol. The Bertz CT molecular complexity index is 827. The van der Waals surface area contributed by atoms with E-state index in [1.807, 2.05) is 38.1 Å². The van der Waals surface area contributed by atoms with Crippen molar-refractivity contribution in [2.75, 3.05) is 18.5 Å². The zero-order chi connectivity index (χ0) is 16.9. The Kier molecular flexibility index (Phi) is 4.96. The molecule has 6 heteroatoms. The Hall–Kier alpha value is -2.60. The summed E-state index contributed by atoms with van der Waals surface area (Å²) in [4.78, 5) is 16.9. The van der Waals surface area contributed by atoms with Crippen molar-refractivity contribution in [3.63, 3.8) is 0 Å². The van der Waals surface area contributed by atoms with Crippen LogP contribution in [0.2, 0.25) is 0 Å². The minimum Gasteiger partial charge on any atom is -0.490 e. The van der Waals surface area contributed by atoms with Gasteiger partial charge in [0.1, 0.15) is 0 Å². The highest BCUT2D eigenvalue weighted by atomic mass is 32.1. The molecule has 0 fully saturated rings. The van der Waals surface area contributed by atoms with E-state index in [-0.39, 0.29) is 5.91 Å². The highest BCUT2D eigenvalue weighted by molar-refractivity contribution is 7.22. The van der Waals surface area contributed by atoms with Crippen LogP contribution in [-0.2, 0) is 0 Å². The zero-order valence-electron chi connectivity index (χ0n) is 13.5. The van der Waals surface area contributed by atoms with Crippen LogP contribution in [-0.4, -0.2) is 24.1 Å². The van der Waals surface area contributed by atoms with Gasteiger partial charge >= 0.3 is 0 Å². The SMILES string of the molecule is CCOc1ccc(C(=O)Nc2nc3ccccc3s2)cc1OCC. The average molecular weight is 342 g/mol. The number of fused-ring (bicyclic) bond motifs is 1. The maximum absolute atomic E-state index is 12.5. The molecule has 0 radical (unpaired) electrons. The third-order valence-corrected chi connectivity index (χ3v) is 4.27. The fraction of sp³-hybridized carbons (Fsp3) is 0.222. The van der Waals surface area contributed by atoms with Gasteiger partial charge in [0.05, 0.1) is 23.4 Å². The molecule has 1 amide bonds. The van der Waals surface area contributed by atoms with Crippen LogP contribution in [0.4, 0.5) is 5.13 Å². The van der Waals surface area contributed by atoms with E-state index in [0.29, 0.717) is 35.4 Å². The van der Waals surface area contributed by atoms with Crippen LogP contribution >= 0.6 is 11.3 Å². The normalized spacial score (nSPS) is 10.6. The summed E-state index contributed by atoms with van der Waals surface area (Å²) in [6.07, 6.45) is 0. The first kappa shape index (κ1) is 16.3. The van der Waals surface area contributed by atoms with E-state index in [1.54, 1.807) is 18.2 Å². The van der Waals surface area contributed by atoms with Gasteiger partial charge in [-0.05, 0) is 44.2 Å². The molecule has 24 heavy (non-hydrogen) atoms. The molecular formula is C18H18N2O3S. The number of hydrogen-bond acceptors (Lipinski definition) is 5. The molecule has 0 aliphatic carbocycles. The molecule has 0 aliphatic rings. The summed E-state index contributed by atoms with van der Waals surface area (Å²) in [5.74, 6) is 0.977. The molecule has 0 saturated carbocycles. The molecule has 1 aromatic heterocycles. The van der Waals surface area contributed by atoms with Crippen LogP contribution in [0.15, 0.2) is 42.5 Å². The lowest BCUT2D eigenvalue weighted by molar-refractivity contribution is 0.102. The van der Waals surface area contributed by atoms with E-state index in [1.165, 1.54) is 11.3 Å². The number of aromatic nitrogens is 1. The van der Waals surface area contributed by atoms with Crippen molar-refractivity contribution in [1.29, 1.82) is 0 Å².